The van der Waals surface area contributed by atoms with Gasteiger partial charge in [-0.3, -0.25) is 14.9 Å². The standard InChI is InChI=1S/C24H19ClN4O4S/c25-17-3-7-18(8-4-17)27-11-13-28(14-12-27)24-26-23(30)22(34-24)15-20-9-10-21(33-20)16-1-5-19(6-2-16)29(31)32/h1-10,15H,11-14H2/b22-15-. The van der Waals surface area contributed by atoms with Crippen molar-refractivity contribution in [3.8, 4) is 11.3 Å². The van der Waals surface area contributed by atoms with Crippen molar-refractivity contribution in [3.63, 3.8) is 0 Å². The molecule has 2 aliphatic rings. The monoisotopic (exact) mass is 494 g/mol. The molecule has 2 aromatic carbocycles. The number of benzene rings is 2. The summed E-state index contributed by atoms with van der Waals surface area (Å²) in [6.07, 6.45) is 1.68. The highest BCUT2D eigenvalue weighted by Gasteiger charge is 2.29. The molecule has 172 valence electrons. The van der Waals surface area contributed by atoms with Crippen molar-refractivity contribution in [2.24, 2.45) is 4.99 Å². The average molecular weight is 495 g/mol. The number of carbonyl (C=O) groups is 1. The number of nitrogens with zero attached hydrogens (tertiary/aromatic N) is 4. The normalized spacial score (nSPS) is 17.4. The lowest BCUT2D eigenvalue weighted by atomic mass is 10.1. The number of carbonyl (C=O) groups excluding carboxylic acids is 1. The predicted octanol–water partition coefficient (Wildman–Crippen LogP) is 5.30. The number of amidine groups is 1. The van der Waals surface area contributed by atoms with Gasteiger partial charge in [-0.15, -0.1) is 0 Å². The van der Waals surface area contributed by atoms with E-state index in [1.54, 1.807) is 30.3 Å². The van der Waals surface area contributed by atoms with Gasteiger partial charge in [0.15, 0.2) is 5.17 Å². The van der Waals surface area contributed by atoms with Gasteiger partial charge in [0, 0.05) is 60.7 Å². The summed E-state index contributed by atoms with van der Waals surface area (Å²) in [4.78, 5) is 32.0. The topological polar surface area (TPSA) is 92.2 Å². The molecule has 0 N–H and O–H groups in total. The van der Waals surface area contributed by atoms with Crippen molar-refractivity contribution in [3.05, 3.63) is 86.5 Å². The number of non-ortho nitro benzene ring substituents is 1. The van der Waals surface area contributed by atoms with Crippen LogP contribution in [-0.4, -0.2) is 47.1 Å². The molecule has 1 aromatic heterocycles. The van der Waals surface area contributed by atoms with Gasteiger partial charge in [-0.05, 0) is 60.3 Å². The van der Waals surface area contributed by atoms with Gasteiger partial charge in [-0.2, -0.15) is 4.99 Å². The fourth-order valence-electron chi connectivity index (χ4n) is 3.80. The number of aliphatic imine (C=N–C) groups is 1. The highest BCUT2D eigenvalue weighted by molar-refractivity contribution is 8.18. The fraction of sp³-hybridized carbons (Fsp3) is 0.167. The van der Waals surface area contributed by atoms with Gasteiger partial charge in [0.25, 0.3) is 11.6 Å². The lowest BCUT2D eigenvalue weighted by Crippen LogP contribution is -2.47. The number of hydrogen-bond acceptors (Lipinski definition) is 7. The van der Waals surface area contributed by atoms with Gasteiger partial charge >= 0.3 is 0 Å². The van der Waals surface area contributed by atoms with Crippen LogP contribution in [-0.2, 0) is 4.79 Å². The van der Waals surface area contributed by atoms with Crippen LogP contribution in [0.4, 0.5) is 11.4 Å². The highest BCUT2D eigenvalue weighted by Crippen LogP contribution is 2.33. The van der Waals surface area contributed by atoms with Crippen LogP contribution in [0.3, 0.4) is 0 Å². The van der Waals surface area contributed by atoms with Crippen LogP contribution in [0.25, 0.3) is 17.4 Å². The molecule has 0 bridgehead atoms. The number of anilines is 1. The zero-order chi connectivity index (χ0) is 23.7. The summed E-state index contributed by atoms with van der Waals surface area (Å²) in [7, 11) is 0. The van der Waals surface area contributed by atoms with Gasteiger partial charge in [0.1, 0.15) is 11.5 Å². The molecule has 0 radical (unpaired) electrons. The molecule has 2 aliphatic heterocycles. The lowest BCUT2D eigenvalue weighted by Gasteiger charge is -2.36. The van der Waals surface area contributed by atoms with E-state index >= 15 is 0 Å². The van der Waals surface area contributed by atoms with E-state index in [1.165, 1.54) is 23.9 Å². The molecule has 1 amide bonds. The van der Waals surface area contributed by atoms with Crippen LogP contribution < -0.4 is 4.90 Å². The Bertz CT molecular complexity index is 1290. The molecule has 34 heavy (non-hydrogen) atoms. The summed E-state index contributed by atoms with van der Waals surface area (Å²) in [5, 5.41) is 12.2. The maximum atomic E-state index is 12.5. The Hall–Kier alpha value is -3.56. The summed E-state index contributed by atoms with van der Waals surface area (Å²) >= 11 is 7.33. The zero-order valence-corrected chi connectivity index (χ0v) is 19.5. The molecule has 5 rings (SSSR count). The molecule has 1 fully saturated rings. The van der Waals surface area contributed by atoms with Gasteiger partial charge < -0.3 is 14.2 Å². The summed E-state index contributed by atoms with van der Waals surface area (Å²) in [5.41, 5.74) is 1.86. The van der Waals surface area contributed by atoms with Gasteiger partial charge in [-0.25, -0.2) is 0 Å². The van der Waals surface area contributed by atoms with E-state index in [1.807, 2.05) is 24.3 Å². The van der Waals surface area contributed by atoms with E-state index < -0.39 is 4.92 Å². The number of amides is 1. The Morgan fingerprint density at radius 1 is 0.971 bits per heavy atom. The maximum Gasteiger partial charge on any atom is 0.286 e. The van der Waals surface area contributed by atoms with Crippen molar-refractivity contribution in [1.82, 2.24) is 4.90 Å². The molecule has 1 saturated heterocycles. The molecule has 0 aliphatic carbocycles. The third-order valence-corrected chi connectivity index (χ3v) is 6.91. The Labute approximate surface area is 204 Å². The molecule has 3 aromatic rings. The number of thioether (sulfide) groups is 1. The number of furan rings is 1. The van der Waals surface area contributed by atoms with E-state index in [9.17, 15) is 14.9 Å². The van der Waals surface area contributed by atoms with E-state index in [0.717, 1.165) is 37.4 Å². The summed E-state index contributed by atoms with van der Waals surface area (Å²) in [6, 6.07) is 17.5. The number of nitro benzene ring substituents is 1. The van der Waals surface area contributed by atoms with Crippen LogP contribution in [0.5, 0.6) is 0 Å². The van der Waals surface area contributed by atoms with Crippen LogP contribution in [0.1, 0.15) is 5.76 Å². The molecule has 8 nitrogen and oxygen atoms in total. The number of rotatable bonds is 4. The molecule has 10 heteroatoms. The molecule has 0 spiro atoms. The number of nitro groups is 1. The van der Waals surface area contributed by atoms with Crippen molar-refractivity contribution >= 4 is 51.9 Å². The summed E-state index contributed by atoms with van der Waals surface area (Å²) in [5.74, 6) is 0.804. The van der Waals surface area contributed by atoms with Crippen LogP contribution in [0.15, 0.2) is 75.0 Å². The van der Waals surface area contributed by atoms with Crippen molar-refractivity contribution < 1.29 is 14.1 Å². The average Bonchev–Trinajstić information content (AvgIpc) is 3.47. The first-order valence-electron chi connectivity index (χ1n) is 10.6. The van der Waals surface area contributed by atoms with Gasteiger partial charge in [0.2, 0.25) is 0 Å². The number of halogens is 1. The molecular weight excluding hydrogens is 476 g/mol. The van der Waals surface area contributed by atoms with Crippen molar-refractivity contribution in [2.45, 2.75) is 0 Å². The van der Waals surface area contributed by atoms with Gasteiger partial charge in [-0.1, -0.05) is 11.6 Å². The van der Waals surface area contributed by atoms with Crippen LogP contribution in [0, 0.1) is 10.1 Å². The first-order chi connectivity index (χ1) is 16.5. The number of hydrogen-bond donors (Lipinski definition) is 0. The minimum absolute atomic E-state index is 0.0178. The first kappa shape index (κ1) is 22.2. The Morgan fingerprint density at radius 3 is 2.32 bits per heavy atom. The third kappa shape index (κ3) is 4.71. The van der Waals surface area contributed by atoms with Crippen LogP contribution >= 0.6 is 23.4 Å². The summed E-state index contributed by atoms with van der Waals surface area (Å²) < 4.78 is 5.84. The first-order valence-corrected chi connectivity index (χ1v) is 11.8. The van der Waals surface area contributed by atoms with Crippen molar-refractivity contribution in [1.29, 1.82) is 0 Å². The minimum atomic E-state index is -0.445. The second kappa shape index (κ2) is 9.36. The Balaban J connectivity index is 1.22. The second-order valence-electron chi connectivity index (χ2n) is 7.77. The van der Waals surface area contributed by atoms with E-state index in [4.69, 9.17) is 16.0 Å². The molecular formula is C24H19ClN4O4S. The van der Waals surface area contributed by atoms with E-state index in [-0.39, 0.29) is 11.6 Å². The van der Waals surface area contributed by atoms with Crippen molar-refractivity contribution in [2.75, 3.05) is 31.1 Å². The second-order valence-corrected chi connectivity index (χ2v) is 9.21. The summed E-state index contributed by atoms with van der Waals surface area (Å²) in [6.45, 7) is 3.18. The largest absolute Gasteiger partial charge is 0.457 e. The minimum Gasteiger partial charge on any atom is -0.457 e. The lowest BCUT2D eigenvalue weighted by molar-refractivity contribution is -0.384. The Kier molecular flexibility index (Phi) is 6.12. The molecule has 3 heterocycles. The highest BCUT2D eigenvalue weighted by atomic mass is 35.5. The smallest absolute Gasteiger partial charge is 0.286 e. The molecule has 0 unspecified atom stereocenters. The third-order valence-electron chi connectivity index (χ3n) is 5.61. The van der Waals surface area contributed by atoms with Crippen LogP contribution in [0.2, 0.25) is 5.02 Å². The van der Waals surface area contributed by atoms with Gasteiger partial charge in [0.05, 0.1) is 9.83 Å². The van der Waals surface area contributed by atoms with E-state index in [0.29, 0.717) is 26.6 Å². The fourth-order valence-corrected chi connectivity index (χ4v) is 4.87. The Morgan fingerprint density at radius 2 is 1.65 bits per heavy atom. The number of piperazine rings is 1. The van der Waals surface area contributed by atoms with E-state index in [2.05, 4.69) is 14.8 Å². The molecule has 0 atom stereocenters. The quantitative estimate of drug-likeness (QED) is 0.276. The zero-order valence-electron chi connectivity index (χ0n) is 17.9. The predicted molar refractivity (Wildman–Crippen MR) is 134 cm³/mol. The SMILES string of the molecule is O=C1N=C(N2CCN(c3ccc(Cl)cc3)CC2)S/C1=C\c1ccc(-c2ccc([N+](=O)[O-])cc2)o1. The maximum absolute atomic E-state index is 12.5. The molecule has 0 saturated carbocycles.